The first-order chi connectivity index (χ1) is 10.2. The van der Waals surface area contributed by atoms with Crippen LogP contribution in [-0.4, -0.2) is 12.3 Å². The van der Waals surface area contributed by atoms with Crippen LogP contribution in [0.3, 0.4) is 0 Å². The summed E-state index contributed by atoms with van der Waals surface area (Å²) in [6, 6.07) is 5.50. The van der Waals surface area contributed by atoms with E-state index in [0.717, 1.165) is 35.5 Å². The quantitative estimate of drug-likeness (QED) is 0.897. The minimum Gasteiger partial charge on any atom is -0.496 e. The summed E-state index contributed by atoms with van der Waals surface area (Å²) < 4.78 is 11.0. The van der Waals surface area contributed by atoms with Crippen LogP contribution in [0.15, 0.2) is 22.7 Å². The van der Waals surface area contributed by atoms with E-state index in [1.54, 1.807) is 13.2 Å². The first-order valence-corrected chi connectivity index (χ1v) is 7.67. The molecule has 21 heavy (non-hydrogen) atoms. The van der Waals surface area contributed by atoms with Crippen LogP contribution in [0.1, 0.15) is 43.8 Å². The molecule has 1 aromatic heterocycles. The average Bonchev–Trinajstić information content (AvgIpc) is 2.89. The number of nitrogens with zero attached hydrogens (tertiary/aromatic N) is 1. The maximum atomic E-state index is 6.13. The molecule has 4 nitrogen and oxygen atoms in total. The average molecular weight is 307 g/mol. The van der Waals surface area contributed by atoms with Gasteiger partial charge in [-0.05, 0) is 31.0 Å². The largest absolute Gasteiger partial charge is 0.496 e. The fourth-order valence-electron chi connectivity index (χ4n) is 3.11. The molecule has 0 spiro atoms. The van der Waals surface area contributed by atoms with E-state index in [0.29, 0.717) is 16.8 Å². The number of halogens is 1. The summed E-state index contributed by atoms with van der Waals surface area (Å²) in [5, 5.41) is 4.62. The molecule has 1 aliphatic carbocycles. The molecule has 1 aromatic carbocycles. The maximum absolute atomic E-state index is 6.13. The molecule has 3 rings (SSSR count). The minimum atomic E-state index is 0.377. The molecule has 1 heterocycles. The second-order valence-electron chi connectivity index (χ2n) is 5.49. The smallest absolute Gasteiger partial charge is 0.175 e. The highest BCUT2D eigenvalue weighted by atomic mass is 35.5. The Kier molecular flexibility index (Phi) is 4.06. The van der Waals surface area contributed by atoms with Crippen molar-refractivity contribution in [3.63, 3.8) is 0 Å². The Hall–Kier alpha value is -1.68. The van der Waals surface area contributed by atoms with Gasteiger partial charge in [0, 0.05) is 16.5 Å². The predicted molar refractivity (Wildman–Crippen MR) is 83.7 cm³/mol. The van der Waals surface area contributed by atoms with E-state index in [-0.39, 0.29) is 0 Å². The Balaban J connectivity index is 2.09. The van der Waals surface area contributed by atoms with E-state index in [1.807, 2.05) is 12.1 Å². The van der Waals surface area contributed by atoms with Crippen LogP contribution in [0.2, 0.25) is 5.02 Å². The Morgan fingerprint density at radius 1 is 1.29 bits per heavy atom. The van der Waals surface area contributed by atoms with Crippen LogP contribution in [0, 0.1) is 0 Å². The van der Waals surface area contributed by atoms with Crippen molar-refractivity contribution in [2.45, 2.75) is 38.0 Å². The van der Waals surface area contributed by atoms with E-state index >= 15 is 0 Å². The molecule has 0 bridgehead atoms. The van der Waals surface area contributed by atoms with Crippen LogP contribution in [-0.2, 0) is 0 Å². The third-order valence-electron chi connectivity index (χ3n) is 4.15. The summed E-state index contributed by atoms with van der Waals surface area (Å²) in [5.41, 5.74) is 7.74. The lowest BCUT2D eigenvalue weighted by molar-refractivity contribution is 0.323. The summed E-state index contributed by atoms with van der Waals surface area (Å²) >= 11 is 6.13. The molecule has 0 aliphatic heterocycles. The van der Waals surface area contributed by atoms with Gasteiger partial charge in [0.25, 0.3) is 0 Å². The van der Waals surface area contributed by atoms with Gasteiger partial charge >= 0.3 is 0 Å². The standard InChI is InChI=1S/C16H19ClN2O2/c1-20-13-8-7-11(17)9-12(13)14-15(21-19-16(14)18)10-5-3-2-4-6-10/h7-10H,2-6H2,1H3,(H2,18,19). The lowest BCUT2D eigenvalue weighted by Crippen LogP contribution is -2.05. The van der Waals surface area contributed by atoms with Gasteiger partial charge in [-0.3, -0.25) is 0 Å². The number of anilines is 1. The fourth-order valence-corrected chi connectivity index (χ4v) is 3.28. The number of ether oxygens (including phenoxy) is 1. The monoisotopic (exact) mass is 306 g/mol. The number of benzene rings is 1. The Labute approximate surface area is 129 Å². The second kappa shape index (κ2) is 5.98. The number of nitrogen functional groups attached to an aromatic ring is 1. The molecule has 0 amide bonds. The second-order valence-corrected chi connectivity index (χ2v) is 5.92. The van der Waals surface area contributed by atoms with Crippen LogP contribution in [0.4, 0.5) is 5.82 Å². The van der Waals surface area contributed by atoms with Crippen LogP contribution >= 0.6 is 11.6 Å². The topological polar surface area (TPSA) is 61.3 Å². The Bertz CT molecular complexity index is 633. The van der Waals surface area contributed by atoms with E-state index in [1.165, 1.54) is 19.3 Å². The zero-order valence-corrected chi connectivity index (χ0v) is 12.8. The van der Waals surface area contributed by atoms with Crippen molar-refractivity contribution < 1.29 is 9.26 Å². The number of hydrogen-bond donors (Lipinski definition) is 1. The van der Waals surface area contributed by atoms with E-state index in [2.05, 4.69) is 5.16 Å². The van der Waals surface area contributed by atoms with Crippen molar-refractivity contribution in [2.24, 2.45) is 0 Å². The van der Waals surface area contributed by atoms with Gasteiger partial charge < -0.3 is 15.0 Å². The molecule has 2 aromatic rings. The normalized spacial score (nSPS) is 16.1. The molecular weight excluding hydrogens is 288 g/mol. The van der Waals surface area contributed by atoms with Crippen molar-refractivity contribution in [1.29, 1.82) is 0 Å². The molecule has 0 unspecified atom stereocenters. The van der Waals surface area contributed by atoms with Crippen LogP contribution in [0.25, 0.3) is 11.1 Å². The van der Waals surface area contributed by atoms with Gasteiger partial charge in [0.1, 0.15) is 11.5 Å². The van der Waals surface area contributed by atoms with E-state index in [9.17, 15) is 0 Å². The maximum Gasteiger partial charge on any atom is 0.175 e. The first-order valence-electron chi connectivity index (χ1n) is 7.29. The van der Waals surface area contributed by atoms with Gasteiger partial charge in [-0.15, -0.1) is 0 Å². The molecule has 1 aliphatic rings. The zero-order valence-electron chi connectivity index (χ0n) is 12.1. The number of aromatic nitrogens is 1. The Morgan fingerprint density at radius 3 is 2.76 bits per heavy atom. The lowest BCUT2D eigenvalue weighted by atomic mass is 9.85. The molecule has 2 N–H and O–H groups in total. The van der Waals surface area contributed by atoms with Gasteiger partial charge in [0.15, 0.2) is 5.82 Å². The zero-order chi connectivity index (χ0) is 14.8. The lowest BCUT2D eigenvalue weighted by Gasteiger charge is -2.20. The van der Waals surface area contributed by atoms with Crippen molar-refractivity contribution in [1.82, 2.24) is 5.16 Å². The summed E-state index contributed by atoms with van der Waals surface area (Å²) in [7, 11) is 1.64. The summed E-state index contributed by atoms with van der Waals surface area (Å²) in [6.45, 7) is 0. The number of nitrogens with two attached hydrogens (primary N) is 1. The van der Waals surface area contributed by atoms with E-state index in [4.69, 9.17) is 26.6 Å². The van der Waals surface area contributed by atoms with Crippen LogP contribution < -0.4 is 10.5 Å². The summed E-state index contributed by atoms with van der Waals surface area (Å²) in [6.07, 6.45) is 5.96. The number of rotatable bonds is 3. The third-order valence-corrected chi connectivity index (χ3v) is 4.39. The number of methoxy groups -OCH3 is 1. The summed E-state index contributed by atoms with van der Waals surface area (Å²) in [4.78, 5) is 0. The Morgan fingerprint density at radius 2 is 2.05 bits per heavy atom. The molecule has 1 fully saturated rings. The highest BCUT2D eigenvalue weighted by Gasteiger charge is 2.27. The van der Waals surface area contributed by atoms with Gasteiger partial charge in [-0.2, -0.15) is 0 Å². The summed E-state index contributed by atoms with van der Waals surface area (Å²) in [5.74, 6) is 2.37. The van der Waals surface area contributed by atoms with Gasteiger partial charge in [0.05, 0.1) is 12.7 Å². The van der Waals surface area contributed by atoms with Crippen molar-refractivity contribution in [2.75, 3.05) is 12.8 Å². The SMILES string of the molecule is COc1ccc(Cl)cc1-c1c(N)noc1C1CCCCC1. The van der Waals surface area contributed by atoms with E-state index < -0.39 is 0 Å². The molecule has 0 saturated heterocycles. The molecule has 0 atom stereocenters. The molecule has 5 heteroatoms. The predicted octanol–water partition coefficient (Wildman–Crippen LogP) is 4.63. The van der Waals surface area contributed by atoms with Gasteiger partial charge in [0.2, 0.25) is 0 Å². The number of hydrogen-bond acceptors (Lipinski definition) is 4. The van der Waals surface area contributed by atoms with Gasteiger partial charge in [-0.25, -0.2) is 0 Å². The molecule has 1 saturated carbocycles. The highest BCUT2D eigenvalue weighted by molar-refractivity contribution is 6.31. The third kappa shape index (κ3) is 2.72. The molecular formula is C16H19ClN2O2. The minimum absolute atomic E-state index is 0.377. The first kappa shape index (κ1) is 14.3. The van der Waals surface area contributed by atoms with Crippen molar-refractivity contribution in [3.8, 4) is 16.9 Å². The van der Waals surface area contributed by atoms with Gasteiger partial charge in [-0.1, -0.05) is 36.0 Å². The van der Waals surface area contributed by atoms with Crippen LogP contribution in [0.5, 0.6) is 5.75 Å². The van der Waals surface area contributed by atoms with Crippen molar-refractivity contribution >= 4 is 17.4 Å². The van der Waals surface area contributed by atoms with Crippen molar-refractivity contribution in [3.05, 3.63) is 29.0 Å². The molecule has 0 radical (unpaired) electrons. The highest BCUT2D eigenvalue weighted by Crippen LogP contribution is 2.44. The molecule has 112 valence electrons. The fraction of sp³-hybridized carbons (Fsp3) is 0.438.